The standard InChI is InChI=1S/C13H18N2O3S/c1-9-2-5-12(11(14)6-9)19(17,18)8-13(16)15-7-10-3-4-10/h2,5-6,10H,3-4,7-8,14H2,1H3,(H,15,16). The number of amides is 1. The van der Waals surface area contributed by atoms with Crippen LogP contribution in [-0.4, -0.2) is 26.6 Å². The first-order valence-corrected chi connectivity index (χ1v) is 7.89. The maximum Gasteiger partial charge on any atom is 0.235 e. The van der Waals surface area contributed by atoms with Gasteiger partial charge in [0.25, 0.3) is 0 Å². The molecular formula is C13H18N2O3S. The number of carbonyl (C=O) groups excluding carboxylic acids is 1. The van der Waals surface area contributed by atoms with Crippen LogP contribution in [-0.2, 0) is 14.6 Å². The molecule has 104 valence electrons. The van der Waals surface area contributed by atoms with Gasteiger partial charge in [0.1, 0.15) is 5.75 Å². The highest BCUT2D eigenvalue weighted by Crippen LogP contribution is 2.27. The molecule has 2 rings (SSSR count). The highest BCUT2D eigenvalue weighted by molar-refractivity contribution is 7.92. The molecule has 19 heavy (non-hydrogen) atoms. The van der Waals surface area contributed by atoms with E-state index in [9.17, 15) is 13.2 Å². The smallest absolute Gasteiger partial charge is 0.235 e. The Morgan fingerprint density at radius 3 is 2.68 bits per heavy atom. The van der Waals surface area contributed by atoms with Gasteiger partial charge in [-0.05, 0) is 43.4 Å². The third-order valence-corrected chi connectivity index (χ3v) is 4.79. The van der Waals surface area contributed by atoms with Crippen LogP contribution in [0.2, 0.25) is 0 Å². The van der Waals surface area contributed by atoms with Gasteiger partial charge in [0.2, 0.25) is 5.91 Å². The van der Waals surface area contributed by atoms with Crippen molar-refractivity contribution in [3.05, 3.63) is 23.8 Å². The van der Waals surface area contributed by atoms with Crippen LogP contribution in [0.5, 0.6) is 0 Å². The first-order valence-electron chi connectivity index (χ1n) is 6.24. The zero-order valence-corrected chi connectivity index (χ0v) is 11.7. The maximum absolute atomic E-state index is 12.1. The fourth-order valence-corrected chi connectivity index (χ4v) is 3.13. The minimum Gasteiger partial charge on any atom is -0.398 e. The Hall–Kier alpha value is -1.56. The van der Waals surface area contributed by atoms with Gasteiger partial charge in [-0.3, -0.25) is 4.79 Å². The van der Waals surface area contributed by atoms with Gasteiger partial charge in [-0.15, -0.1) is 0 Å². The first kappa shape index (κ1) is 13.9. The molecule has 1 fully saturated rings. The summed E-state index contributed by atoms with van der Waals surface area (Å²) in [5.41, 5.74) is 6.78. The van der Waals surface area contributed by atoms with E-state index in [-0.39, 0.29) is 10.6 Å². The summed E-state index contributed by atoms with van der Waals surface area (Å²) in [6.45, 7) is 2.40. The molecule has 1 aliphatic carbocycles. The second-order valence-electron chi connectivity index (χ2n) is 5.05. The summed E-state index contributed by atoms with van der Waals surface area (Å²) in [5.74, 6) is -0.490. The molecular weight excluding hydrogens is 264 g/mol. The van der Waals surface area contributed by atoms with Crippen LogP contribution in [0, 0.1) is 12.8 Å². The van der Waals surface area contributed by atoms with Crippen molar-refractivity contribution in [3.63, 3.8) is 0 Å². The minimum absolute atomic E-state index is 0.0275. The lowest BCUT2D eigenvalue weighted by Gasteiger charge is -2.08. The fourth-order valence-electron chi connectivity index (χ4n) is 1.83. The van der Waals surface area contributed by atoms with Gasteiger partial charge in [0.15, 0.2) is 9.84 Å². The van der Waals surface area contributed by atoms with E-state index in [4.69, 9.17) is 5.73 Å². The minimum atomic E-state index is -3.67. The second kappa shape index (κ2) is 5.21. The molecule has 0 aliphatic heterocycles. The lowest BCUT2D eigenvalue weighted by atomic mass is 10.2. The molecule has 0 heterocycles. The molecule has 1 amide bonds. The average molecular weight is 282 g/mol. The number of nitrogen functional groups attached to an aromatic ring is 1. The number of anilines is 1. The van der Waals surface area contributed by atoms with Crippen molar-refractivity contribution in [2.45, 2.75) is 24.7 Å². The Kier molecular flexibility index (Phi) is 3.80. The summed E-state index contributed by atoms with van der Waals surface area (Å²) in [4.78, 5) is 11.6. The Bertz CT molecular complexity index is 592. The number of aryl methyl sites for hydroxylation is 1. The van der Waals surface area contributed by atoms with E-state index < -0.39 is 21.5 Å². The molecule has 0 saturated heterocycles. The summed E-state index contributed by atoms with van der Waals surface area (Å²) in [5, 5.41) is 2.64. The second-order valence-corrected chi connectivity index (χ2v) is 7.01. The number of hydrogen-bond acceptors (Lipinski definition) is 4. The van der Waals surface area contributed by atoms with Gasteiger partial charge < -0.3 is 11.1 Å². The number of carbonyl (C=O) groups is 1. The first-order chi connectivity index (χ1) is 8.88. The van der Waals surface area contributed by atoms with Gasteiger partial charge in [-0.1, -0.05) is 6.07 Å². The van der Waals surface area contributed by atoms with E-state index in [1.807, 2.05) is 6.92 Å². The third kappa shape index (κ3) is 3.70. The van der Waals surface area contributed by atoms with Crippen molar-refractivity contribution in [2.24, 2.45) is 5.92 Å². The van der Waals surface area contributed by atoms with E-state index >= 15 is 0 Å². The van der Waals surface area contributed by atoms with E-state index in [0.717, 1.165) is 18.4 Å². The van der Waals surface area contributed by atoms with E-state index in [1.165, 1.54) is 6.07 Å². The topological polar surface area (TPSA) is 89.3 Å². The molecule has 1 aliphatic rings. The SMILES string of the molecule is Cc1ccc(S(=O)(=O)CC(=O)NCC2CC2)c(N)c1. The number of nitrogens with one attached hydrogen (secondary N) is 1. The highest BCUT2D eigenvalue weighted by Gasteiger charge is 2.25. The Balaban J connectivity index is 2.05. The van der Waals surface area contributed by atoms with Crippen molar-refractivity contribution in [2.75, 3.05) is 18.0 Å². The monoisotopic (exact) mass is 282 g/mol. The van der Waals surface area contributed by atoms with Crippen LogP contribution in [0.15, 0.2) is 23.1 Å². The number of sulfone groups is 1. The number of hydrogen-bond donors (Lipinski definition) is 2. The van der Waals surface area contributed by atoms with Gasteiger partial charge in [-0.2, -0.15) is 0 Å². The quantitative estimate of drug-likeness (QED) is 0.784. The summed E-state index contributed by atoms with van der Waals surface area (Å²) in [7, 11) is -3.67. The van der Waals surface area contributed by atoms with Crippen molar-refractivity contribution < 1.29 is 13.2 Å². The predicted octanol–water partition coefficient (Wildman–Crippen LogP) is 0.877. The van der Waals surface area contributed by atoms with Gasteiger partial charge in [-0.25, -0.2) is 8.42 Å². The lowest BCUT2D eigenvalue weighted by Crippen LogP contribution is -2.32. The van der Waals surface area contributed by atoms with Gasteiger partial charge >= 0.3 is 0 Å². The Morgan fingerprint density at radius 1 is 1.42 bits per heavy atom. The number of benzene rings is 1. The van der Waals surface area contributed by atoms with Crippen molar-refractivity contribution in [3.8, 4) is 0 Å². The van der Waals surface area contributed by atoms with Crippen LogP contribution in [0.4, 0.5) is 5.69 Å². The van der Waals surface area contributed by atoms with Crippen molar-refractivity contribution in [1.29, 1.82) is 0 Å². The van der Waals surface area contributed by atoms with Crippen LogP contribution < -0.4 is 11.1 Å². The summed E-state index contributed by atoms with van der Waals surface area (Å²) >= 11 is 0. The van der Waals surface area contributed by atoms with Gasteiger partial charge in [0.05, 0.1) is 10.6 Å². The largest absolute Gasteiger partial charge is 0.398 e. The molecule has 6 heteroatoms. The number of rotatable bonds is 5. The molecule has 0 radical (unpaired) electrons. The normalized spacial score (nSPS) is 15.2. The van der Waals surface area contributed by atoms with E-state index in [0.29, 0.717) is 12.5 Å². The van der Waals surface area contributed by atoms with Crippen molar-refractivity contribution >= 4 is 21.4 Å². The highest BCUT2D eigenvalue weighted by atomic mass is 32.2. The van der Waals surface area contributed by atoms with Crippen LogP contribution >= 0.6 is 0 Å². The summed E-state index contributed by atoms with van der Waals surface area (Å²) < 4.78 is 24.2. The molecule has 0 spiro atoms. The van der Waals surface area contributed by atoms with Crippen LogP contribution in [0.3, 0.4) is 0 Å². The van der Waals surface area contributed by atoms with Crippen LogP contribution in [0.1, 0.15) is 18.4 Å². The van der Waals surface area contributed by atoms with Crippen LogP contribution in [0.25, 0.3) is 0 Å². The molecule has 1 aromatic carbocycles. The molecule has 5 nitrogen and oxygen atoms in total. The molecule has 1 saturated carbocycles. The fraction of sp³-hybridized carbons (Fsp3) is 0.462. The third-order valence-electron chi connectivity index (χ3n) is 3.11. The van der Waals surface area contributed by atoms with E-state index in [2.05, 4.69) is 5.32 Å². The lowest BCUT2D eigenvalue weighted by molar-refractivity contribution is -0.118. The summed E-state index contributed by atoms with van der Waals surface area (Å²) in [6, 6.07) is 4.72. The molecule has 3 N–H and O–H groups in total. The average Bonchev–Trinajstić information content (AvgIpc) is 3.08. The maximum atomic E-state index is 12.1. The van der Waals surface area contributed by atoms with Crippen molar-refractivity contribution in [1.82, 2.24) is 5.32 Å². The zero-order chi connectivity index (χ0) is 14.0. The Morgan fingerprint density at radius 2 is 2.11 bits per heavy atom. The Labute approximate surface area is 113 Å². The number of nitrogens with two attached hydrogens (primary N) is 1. The molecule has 0 unspecified atom stereocenters. The molecule has 1 aromatic rings. The molecule has 0 atom stereocenters. The zero-order valence-electron chi connectivity index (χ0n) is 10.8. The molecule has 0 aromatic heterocycles. The van der Waals surface area contributed by atoms with E-state index in [1.54, 1.807) is 12.1 Å². The van der Waals surface area contributed by atoms with Gasteiger partial charge in [0, 0.05) is 6.54 Å². The predicted molar refractivity (Wildman–Crippen MR) is 73.4 cm³/mol. The molecule has 0 bridgehead atoms. The summed E-state index contributed by atoms with van der Waals surface area (Å²) in [6.07, 6.45) is 2.22.